The topological polar surface area (TPSA) is 81.1 Å². The SMILES string of the molecule is CC1=CC(N)CC(c2ccncc2Nc2ncc3ccc(-c4c(F)cc(C5(F)CCCC5)cc4F)nn23)C1. The highest BCUT2D eigenvalue weighted by Crippen LogP contribution is 2.44. The number of anilines is 2. The predicted molar refractivity (Wildman–Crippen MR) is 141 cm³/mol. The molecule has 1 saturated carbocycles. The largest absolute Gasteiger partial charge is 0.324 e. The van der Waals surface area contributed by atoms with Gasteiger partial charge in [-0.05, 0) is 92.8 Å². The predicted octanol–water partition coefficient (Wildman–Crippen LogP) is 6.70. The molecule has 3 aromatic heterocycles. The Morgan fingerprint density at radius 3 is 2.58 bits per heavy atom. The number of pyridine rings is 1. The van der Waals surface area contributed by atoms with E-state index in [-0.39, 0.29) is 41.6 Å². The van der Waals surface area contributed by atoms with Crippen LogP contribution >= 0.6 is 0 Å². The second-order valence-electron chi connectivity index (χ2n) is 10.5. The van der Waals surface area contributed by atoms with Crippen LogP contribution in [0, 0.1) is 11.6 Å². The van der Waals surface area contributed by atoms with E-state index >= 15 is 13.2 Å². The van der Waals surface area contributed by atoms with E-state index in [0.29, 0.717) is 24.3 Å². The molecule has 6 rings (SSSR count). The molecule has 196 valence electrons. The fourth-order valence-corrected chi connectivity index (χ4v) is 5.93. The fraction of sp³-hybridized carbons (Fsp3) is 0.345. The molecule has 0 bridgehead atoms. The summed E-state index contributed by atoms with van der Waals surface area (Å²) in [6.45, 7) is 2.08. The van der Waals surface area contributed by atoms with Crippen LogP contribution < -0.4 is 11.1 Å². The minimum Gasteiger partial charge on any atom is -0.324 e. The van der Waals surface area contributed by atoms with Gasteiger partial charge in [-0.3, -0.25) is 4.98 Å². The Balaban J connectivity index is 1.35. The number of aromatic nitrogens is 4. The molecule has 2 aliphatic carbocycles. The number of imidazole rings is 1. The molecular formula is C29H29F3N6. The highest BCUT2D eigenvalue weighted by molar-refractivity contribution is 5.66. The van der Waals surface area contributed by atoms with Crippen molar-refractivity contribution < 1.29 is 13.2 Å². The standard InChI is InChI=1S/C29H29F3N6/c1-17-10-18(12-20(33)11-17)22-6-9-34-16-26(22)36-28-35-15-21-4-5-25(37-38(21)28)27-23(30)13-19(14-24(27)31)29(32)7-2-3-8-29/h4-6,9,11,13-16,18,20H,2-3,7-8,10,12,33H2,1H3,(H,35,36). The molecule has 0 aliphatic heterocycles. The van der Waals surface area contributed by atoms with Gasteiger partial charge in [-0.2, -0.15) is 9.61 Å². The van der Waals surface area contributed by atoms with Crippen molar-refractivity contribution in [2.24, 2.45) is 5.73 Å². The van der Waals surface area contributed by atoms with Gasteiger partial charge in [0.05, 0.1) is 34.9 Å². The van der Waals surface area contributed by atoms with Gasteiger partial charge in [0.1, 0.15) is 17.3 Å². The number of nitrogens with zero attached hydrogens (tertiary/aromatic N) is 4. The van der Waals surface area contributed by atoms with Crippen molar-refractivity contribution in [2.75, 3.05) is 5.32 Å². The highest BCUT2D eigenvalue weighted by atomic mass is 19.1. The van der Waals surface area contributed by atoms with Gasteiger partial charge in [0.25, 0.3) is 0 Å². The Kier molecular flexibility index (Phi) is 6.18. The van der Waals surface area contributed by atoms with E-state index < -0.39 is 17.3 Å². The molecular weight excluding hydrogens is 489 g/mol. The lowest BCUT2D eigenvalue weighted by atomic mass is 9.82. The third-order valence-electron chi connectivity index (χ3n) is 7.76. The van der Waals surface area contributed by atoms with Crippen LogP contribution in [-0.4, -0.2) is 25.6 Å². The van der Waals surface area contributed by atoms with Gasteiger partial charge in [0.15, 0.2) is 0 Å². The monoisotopic (exact) mass is 518 g/mol. The van der Waals surface area contributed by atoms with Crippen molar-refractivity contribution in [1.29, 1.82) is 0 Å². The van der Waals surface area contributed by atoms with Crippen LogP contribution in [0.2, 0.25) is 0 Å². The van der Waals surface area contributed by atoms with E-state index in [4.69, 9.17) is 5.73 Å². The van der Waals surface area contributed by atoms with Crippen LogP contribution in [0.15, 0.2) is 60.6 Å². The normalized spacial score (nSPS) is 21.0. The zero-order valence-electron chi connectivity index (χ0n) is 21.1. The Morgan fingerprint density at radius 2 is 1.84 bits per heavy atom. The molecule has 38 heavy (non-hydrogen) atoms. The Hall–Kier alpha value is -3.72. The van der Waals surface area contributed by atoms with Gasteiger partial charge in [-0.15, -0.1) is 0 Å². The summed E-state index contributed by atoms with van der Waals surface area (Å²) in [5.74, 6) is -1.07. The minimum atomic E-state index is -1.68. The summed E-state index contributed by atoms with van der Waals surface area (Å²) in [5, 5.41) is 7.81. The minimum absolute atomic E-state index is 0.0108. The quantitative estimate of drug-likeness (QED) is 0.287. The highest BCUT2D eigenvalue weighted by Gasteiger charge is 2.37. The van der Waals surface area contributed by atoms with E-state index in [1.54, 1.807) is 24.7 Å². The Bertz CT molecular complexity index is 1520. The maximum Gasteiger partial charge on any atom is 0.229 e. The van der Waals surface area contributed by atoms with Crippen molar-refractivity contribution >= 4 is 17.2 Å². The molecule has 3 N–H and O–H groups in total. The molecule has 6 nitrogen and oxygen atoms in total. The van der Waals surface area contributed by atoms with Gasteiger partial charge < -0.3 is 11.1 Å². The zero-order valence-corrected chi connectivity index (χ0v) is 21.1. The number of nitrogens with two attached hydrogens (primary N) is 1. The lowest BCUT2D eigenvalue weighted by Crippen LogP contribution is -2.25. The summed E-state index contributed by atoms with van der Waals surface area (Å²) in [6, 6.07) is 7.41. The molecule has 2 atom stereocenters. The zero-order chi connectivity index (χ0) is 26.4. The maximum absolute atomic E-state index is 15.2. The van der Waals surface area contributed by atoms with Crippen molar-refractivity contribution in [3.63, 3.8) is 0 Å². The molecule has 0 amide bonds. The molecule has 9 heteroatoms. The molecule has 1 fully saturated rings. The number of benzene rings is 1. The lowest BCUT2D eigenvalue weighted by Gasteiger charge is -2.27. The average Bonchev–Trinajstić information content (AvgIpc) is 3.50. The van der Waals surface area contributed by atoms with Crippen LogP contribution in [0.5, 0.6) is 0 Å². The summed E-state index contributed by atoms with van der Waals surface area (Å²) < 4.78 is 47.1. The second kappa shape index (κ2) is 9.54. The Morgan fingerprint density at radius 1 is 1.08 bits per heavy atom. The summed E-state index contributed by atoms with van der Waals surface area (Å²) in [6.07, 6.45) is 10.9. The molecule has 1 aromatic carbocycles. The van der Waals surface area contributed by atoms with Gasteiger partial charge in [0, 0.05) is 12.2 Å². The molecule has 0 radical (unpaired) electrons. The summed E-state index contributed by atoms with van der Waals surface area (Å²) in [7, 11) is 0. The molecule has 3 heterocycles. The van der Waals surface area contributed by atoms with Gasteiger partial charge in [-0.1, -0.05) is 11.6 Å². The van der Waals surface area contributed by atoms with Crippen LogP contribution in [-0.2, 0) is 5.67 Å². The number of nitrogens with one attached hydrogen (secondary N) is 1. The number of fused-ring (bicyclic) bond motifs is 1. The first-order chi connectivity index (χ1) is 18.3. The number of halogens is 3. The molecule has 0 saturated heterocycles. The van der Waals surface area contributed by atoms with E-state index in [0.717, 1.165) is 36.2 Å². The third kappa shape index (κ3) is 4.45. The van der Waals surface area contributed by atoms with E-state index in [1.807, 2.05) is 6.07 Å². The van der Waals surface area contributed by atoms with Gasteiger partial charge >= 0.3 is 0 Å². The number of hydrogen-bond acceptors (Lipinski definition) is 5. The molecule has 4 aromatic rings. The third-order valence-corrected chi connectivity index (χ3v) is 7.76. The van der Waals surface area contributed by atoms with Crippen LogP contribution in [0.4, 0.5) is 24.8 Å². The van der Waals surface area contributed by atoms with E-state index in [1.165, 1.54) is 16.2 Å². The summed E-state index contributed by atoms with van der Waals surface area (Å²) in [5.41, 5.74) is 8.13. The fourth-order valence-electron chi connectivity index (χ4n) is 5.93. The van der Waals surface area contributed by atoms with Crippen LogP contribution in [0.25, 0.3) is 16.8 Å². The van der Waals surface area contributed by atoms with Crippen molar-refractivity contribution in [3.05, 3.63) is 83.3 Å². The summed E-state index contributed by atoms with van der Waals surface area (Å²) in [4.78, 5) is 8.73. The lowest BCUT2D eigenvalue weighted by molar-refractivity contribution is 0.173. The van der Waals surface area contributed by atoms with Gasteiger partial charge in [-0.25, -0.2) is 18.2 Å². The van der Waals surface area contributed by atoms with Crippen molar-refractivity contribution in [1.82, 2.24) is 19.6 Å². The Labute approximate surface area is 218 Å². The first kappa shape index (κ1) is 24.6. The number of alkyl halides is 1. The number of hydrogen-bond donors (Lipinski definition) is 2. The first-order valence-corrected chi connectivity index (χ1v) is 13.0. The number of rotatable bonds is 5. The second-order valence-corrected chi connectivity index (χ2v) is 10.5. The van der Waals surface area contributed by atoms with Crippen LogP contribution in [0.3, 0.4) is 0 Å². The molecule has 2 aliphatic rings. The van der Waals surface area contributed by atoms with E-state index in [2.05, 4.69) is 33.4 Å². The van der Waals surface area contributed by atoms with Gasteiger partial charge in [0.2, 0.25) is 5.95 Å². The smallest absolute Gasteiger partial charge is 0.229 e. The first-order valence-electron chi connectivity index (χ1n) is 13.0. The maximum atomic E-state index is 15.2. The number of allylic oxidation sites excluding steroid dienone is 1. The van der Waals surface area contributed by atoms with Crippen molar-refractivity contribution in [3.8, 4) is 11.3 Å². The van der Waals surface area contributed by atoms with Crippen LogP contribution in [0.1, 0.15) is 62.5 Å². The van der Waals surface area contributed by atoms with Crippen molar-refractivity contribution in [2.45, 2.75) is 63.1 Å². The average molecular weight is 519 g/mol. The summed E-state index contributed by atoms with van der Waals surface area (Å²) >= 11 is 0. The molecule has 0 spiro atoms. The molecule has 2 unspecified atom stereocenters. The van der Waals surface area contributed by atoms with E-state index in [9.17, 15) is 0 Å².